The number of aliphatic hydroxyl groups excluding tert-OH is 2. The molecule has 3 fully saturated rings. The van der Waals surface area contributed by atoms with Crippen molar-refractivity contribution in [3.8, 4) is 5.75 Å². The van der Waals surface area contributed by atoms with Gasteiger partial charge in [-0.2, -0.15) is 0 Å². The molecule has 25 heavy (non-hydrogen) atoms. The highest BCUT2D eigenvalue weighted by Gasteiger charge is 2.44. The third-order valence-corrected chi connectivity index (χ3v) is 6.14. The number of aromatic nitrogens is 1. The first-order chi connectivity index (χ1) is 12.1. The molecule has 5 nitrogen and oxygen atoms in total. The molecule has 6 atom stereocenters. The molecule has 1 aromatic heterocycles. The standard InChI is InChI=1S/C20H26N2O3/c1-12(23)17-11-22-8-6-13(17)9-19(22)20(24)15-5-7-21-18-4-3-14(25-2)10-16(15)18/h3-5,7,10,12-13,17,19-20,23-24H,6,8-9,11H2,1-2H3/t12-,13-,17+,19+,20-/m0/s1. The number of hydrogen-bond acceptors (Lipinski definition) is 5. The van der Waals surface area contributed by atoms with E-state index in [-0.39, 0.29) is 12.1 Å². The van der Waals surface area contributed by atoms with Crippen molar-refractivity contribution in [1.29, 1.82) is 0 Å². The van der Waals surface area contributed by atoms with Crippen LogP contribution in [0.2, 0.25) is 0 Å². The number of methoxy groups -OCH3 is 1. The smallest absolute Gasteiger partial charge is 0.119 e. The lowest BCUT2D eigenvalue weighted by Crippen LogP contribution is -2.57. The number of nitrogens with zero attached hydrogens (tertiary/aromatic N) is 2. The number of aliphatic hydroxyl groups is 2. The van der Waals surface area contributed by atoms with E-state index in [2.05, 4.69) is 9.88 Å². The normalized spacial score (nSPS) is 31.0. The van der Waals surface area contributed by atoms with Crippen LogP contribution in [0.1, 0.15) is 31.4 Å². The van der Waals surface area contributed by atoms with Crippen LogP contribution in [-0.4, -0.2) is 52.4 Å². The Bertz CT molecular complexity index is 764. The van der Waals surface area contributed by atoms with E-state index in [9.17, 15) is 10.2 Å². The van der Waals surface area contributed by atoms with Crippen LogP contribution in [0.3, 0.4) is 0 Å². The van der Waals surface area contributed by atoms with Gasteiger partial charge in [0.2, 0.25) is 0 Å². The summed E-state index contributed by atoms with van der Waals surface area (Å²) in [5, 5.41) is 22.2. The van der Waals surface area contributed by atoms with E-state index >= 15 is 0 Å². The molecule has 5 rings (SSSR count). The van der Waals surface area contributed by atoms with Gasteiger partial charge >= 0.3 is 0 Å². The van der Waals surface area contributed by atoms with Crippen LogP contribution in [0.4, 0.5) is 0 Å². The van der Waals surface area contributed by atoms with Crippen LogP contribution in [-0.2, 0) is 0 Å². The quantitative estimate of drug-likeness (QED) is 0.893. The molecule has 2 bridgehead atoms. The summed E-state index contributed by atoms with van der Waals surface area (Å²) in [6.45, 7) is 3.76. The van der Waals surface area contributed by atoms with Gasteiger partial charge in [0.25, 0.3) is 0 Å². The lowest BCUT2D eigenvalue weighted by atomic mass is 9.72. The minimum atomic E-state index is -0.560. The SMILES string of the molecule is COc1ccc2nccc([C@H](O)[C@H]3C[C@@H]4CCN3C[C@@H]4[C@H](C)O)c2c1. The molecule has 3 saturated heterocycles. The van der Waals surface area contributed by atoms with Crippen molar-refractivity contribution in [2.24, 2.45) is 11.8 Å². The highest BCUT2D eigenvalue weighted by atomic mass is 16.5. The fourth-order valence-corrected chi connectivity index (χ4v) is 4.72. The zero-order valence-corrected chi connectivity index (χ0v) is 14.8. The summed E-state index contributed by atoms with van der Waals surface area (Å²) in [6.07, 6.45) is 2.98. The van der Waals surface area contributed by atoms with Gasteiger partial charge in [-0.05, 0) is 62.1 Å². The predicted molar refractivity (Wildman–Crippen MR) is 96.5 cm³/mol. The van der Waals surface area contributed by atoms with Crippen molar-refractivity contribution in [3.63, 3.8) is 0 Å². The summed E-state index contributed by atoms with van der Waals surface area (Å²) in [4.78, 5) is 6.77. The molecule has 134 valence electrons. The third-order valence-electron chi connectivity index (χ3n) is 6.14. The van der Waals surface area contributed by atoms with Gasteiger partial charge in [-0.15, -0.1) is 0 Å². The van der Waals surface area contributed by atoms with E-state index in [1.807, 2.05) is 31.2 Å². The van der Waals surface area contributed by atoms with Crippen molar-refractivity contribution in [1.82, 2.24) is 9.88 Å². The van der Waals surface area contributed by atoms with Crippen LogP contribution in [0.5, 0.6) is 5.75 Å². The first kappa shape index (κ1) is 16.8. The number of ether oxygens (including phenoxy) is 1. The highest BCUT2D eigenvalue weighted by Crippen LogP contribution is 2.42. The summed E-state index contributed by atoms with van der Waals surface area (Å²) in [6, 6.07) is 7.80. The molecule has 4 heterocycles. The zero-order valence-electron chi connectivity index (χ0n) is 14.8. The summed E-state index contributed by atoms with van der Waals surface area (Å²) < 4.78 is 5.34. The van der Waals surface area contributed by atoms with Crippen molar-refractivity contribution >= 4 is 10.9 Å². The van der Waals surface area contributed by atoms with Gasteiger partial charge in [-0.3, -0.25) is 9.88 Å². The van der Waals surface area contributed by atoms with Crippen molar-refractivity contribution in [3.05, 3.63) is 36.0 Å². The molecule has 1 unspecified atom stereocenters. The molecule has 5 heteroatoms. The molecule has 0 spiro atoms. The van der Waals surface area contributed by atoms with Crippen LogP contribution in [0, 0.1) is 11.8 Å². The van der Waals surface area contributed by atoms with E-state index < -0.39 is 6.10 Å². The summed E-state index contributed by atoms with van der Waals surface area (Å²) in [7, 11) is 1.65. The Hall–Kier alpha value is -1.69. The van der Waals surface area contributed by atoms with Gasteiger partial charge in [0.15, 0.2) is 0 Å². The Kier molecular flexibility index (Phi) is 4.40. The molecule has 3 aliphatic heterocycles. The highest BCUT2D eigenvalue weighted by molar-refractivity contribution is 5.83. The molecular weight excluding hydrogens is 316 g/mol. The van der Waals surface area contributed by atoms with Gasteiger partial charge in [0.05, 0.1) is 24.8 Å². The van der Waals surface area contributed by atoms with E-state index in [1.54, 1.807) is 13.3 Å². The zero-order chi connectivity index (χ0) is 17.6. The second-order valence-electron chi connectivity index (χ2n) is 7.48. The lowest BCUT2D eigenvalue weighted by Gasteiger charge is -2.52. The van der Waals surface area contributed by atoms with E-state index in [1.165, 1.54) is 0 Å². The van der Waals surface area contributed by atoms with Crippen molar-refractivity contribution in [2.45, 2.75) is 38.0 Å². The van der Waals surface area contributed by atoms with Crippen LogP contribution < -0.4 is 4.74 Å². The summed E-state index contributed by atoms with van der Waals surface area (Å²) in [5.41, 5.74) is 1.78. The Morgan fingerprint density at radius 3 is 2.80 bits per heavy atom. The van der Waals surface area contributed by atoms with Crippen LogP contribution in [0.25, 0.3) is 10.9 Å². The van der Waals surface area contributed by atoms with Gasteiger partial charge in [0, 0.05) is 30.1 Å². The first-order valence-corrected chi connectivity index (χ1v) is 9.11. The van der Waals surface area contributed by atoms with Gasteiger partial charge in [-0.1, -0.05) is 0 Å². The molecule has 3 aliphatic rings. The largest absolute Gasteiger partial charge is 0.497 e. The Labute approximate surface area is 148 Å². The first-order valence-electron chi connectivity index (χ1n) is 9.11. The molecule has 0 radical (unpaired) electrons. The average molecular weight is 342 g/mol. The van der Waals surface area contributed by atoms with Gasteiger partial charge < -0.3 is 14.9 Å². The monoisotopic (exact) mass is 342 g/mol. The lowest BCUT2D eigenvalue weighted by molar-refractivity contribution is -0.0844. The maximum Gasteiger partial charge on any atom is 0.119 e. The Balaban J connectivity index is 1.66. The average Bonchev–Trinajstić information content (AvgIpc) is 2.66. The number of piperidine rings is 3. The molecule has 1 aromatic carbocycles. The fourth-order valence-electron chi connectivity index (χ4n) is 4.72. The number of hydrogen-bond donors (Lipinski definition) is 2. The number of benzene rings is 1. The second kappa shape index (κ2) is 6.56. The number of pyridine rings is 1. The molecule has 0 aliphatic carbocycles. The molecular formula is C20H26N2O3. The second-order valence-corrected chi connectivity index (χ2v) is 7.48. The van der Waals surface area contributed by atoms with Crippen molar-refractivity contribution < 1.29 is 14.9 Å². The summed E-state index contributed by atoms with van der Waals surface area (Å²) >= 11 is 0. The maximum absolute atomic E-state index is 11.2. The predicted octanol–water partition coefficient (Wildman–Crippen LogP) is 2.37. The van der Waals surface area contributed by atoms with Crippen molar-refractivity contribution in [2.75, 3.05) is 20.2 Å². The molecule has 2 aromatic rings. The minimum Gasteiger partial charge on any atom is -0.497 e. The number of rotatable bonds is 4. The Morgan fingerprint density at radius 1 is 1.28 bits per heavy atom. The molecule has 0 saturated carbocycles. The van der Waals surface area contributed by atoms with E-state index in [4.69, 9.17) is 4.74 Å². The number of fused-ring (bicyclic) bond motifs is 4. The van der Waals surface area contributed by atoms with Gasteiger partial charge in [-0.25, -0.2) is 0 Å². The topological polar surface area (TPSA) is 65.8 Å². The minimum absolute atomic E-state index is 0.102. The van der Waals surface area contributed by atoms with Crippen LogP contribution >= 0.6 is 0 Å². The summed E-state index contributed by atoms with van der Waals surface area (Å²) in [5.74, 6) is 1.59. The molecule has 0 amide bonds. The Morgan fingerprint density at radius 2 is 2.12 bits per heavy atom. The molecule has 2 N–H and O–H groups in total. The van der Waals surface area contributed by atoms with Crippen LogP contribution in [0.15, 0.2) is 30.5 Å². The van der Waals surface area contributed by atoms with Gasteiger partial charge in [0.1, 0.15) is 5.75 Å². The van der Waals surface area contributed by atoms with E-state index in [0.717, 1.165) is 48.1 Å². The fraction of sp³-hybridized carbons (Fsp3) is 0.550. The third kappa shape index (κ3) is 2.90. The van der Waals surface area contributed by atoms with E-state index in [0.29, 0.717) is 11.8 Å². The maximum atomic E-state index is 11.2.